The first-order valence-corrected chi connectivity index (χ1v) is 10.0. The van der Waals surface area contributed by atoms with E-state index in [1.54, 1.807) is 6.08 Å². The van der Waals surface area contributed by atoms with Crippen LogP contribution in [0.15, 0.2) is 73.3 Å². The second-order valence-electron chi connectivity index (χ2n) is 7.83. The molecule has 0 unspecified atom stereocenters. The number of fused-ring (bicyclic) bond motifs is 1. The zero-order valence-electron chi connectivity index (χ0n) is 16.9. The summed E-state index contributed by atoms with van der Waals surface area (Å²) in [6.07, 6.45) is -0.0951. The monoisotopic (exact) mass is 396 g/mol. The van der Waals surface area contributed by atoms with Crippen molar-refractivity contribution in [3.63, 3.8) is 0 Å². The summed E-state index contributed by atoms with van der Waals surface area (Å²) in [5, 5.41) is 0. The maximum atomic E-state index is 6.29. The predicted octanol–water partition coefficient (Wildman–Crippen LogP) is 4.22. The highest BCUT2D eigenvalue weighted by atomic mass is 16.8. The van der Waals surface area contributed by atoms with Crippen molar-refractivity contribution in [3.8, 4) is 0 Å². The van der Waals surface area contributed by atoms with Crippen LogP contribution in [0.3, 0.4) is 0 Å². The van der Waals surface area contributed by atoms with E-state index < -0.39 is 12.1 Å². The first kappa shape index (κ1) is 20.3. The molecule has 2 aliphatic heterocycles. The molecule has 2 heterocycles. The molecule has 0 aromatic heterocycles. The molecule has 2 fully saturated rings. The van der Waals surface area contributed by atoms with Gasteiger partial charge in [0.15, 0.2) is 12.1 Å². The van der Waals surface area contributed by atoms with Gasteiger partial charge in [-0.3, -0.25) is 0 Å². The van der Waals surface area contributed by atoms with Crippen LogP contribution in [0.25, 0.3) is 0 Å². The molecule has 5 nitrogen and oxygen atoms in total. The predicted molar refractivity (Wildman–Crippen MR) is 109 cm³/mol. The van der Waals surface area contributed by atoms with Gasteiger partial charge in [0.25, 0.3) is 0 Å². The molecule has 5 heteroatoms. The van der Waals surface area contributed by atoms with E-state index in [4.69, 9.17) is 23.7 Å². The van der Waals surface area contributed by atoms with Crippen LogP contribution in [0.1, 0.15) is 25.0 Å². The Hall–Kier alpha value is -2.02. The molecule has 2 saturated heterocycles. The number of ether oxygens (including phenoxy) is 5. The van der Waals surface area contributed by atoms with Crippen LogP contribution in [0.4, 0.5) is 0 Å². The minimum absolute atomic E-state index is 0.318. The lowest BCUT2D eigenvalue weighted by Gasteiger charge is -2.29. The smallest absolute Gasteiger partial charge is 0.190 e. The molecule has 0 spiro atoms. The molecule has 29 heavy (non-hydrogen) atoms. The molecule has 2 aromatic rings. The first-order chi connectivity index (χ1) is 14.1. The van der Waals surface area contributed by atoms with Gasteiger partial charge in [0.05, 0.1) is 13.2 Å². The summed E-state index contributed by atoms with van der Waals surface area (Å²) in [5.74, 6) is -0.705. The zero-order valence-corrected chi connectivity index (χ0v) is 16.9. The fraction of sp³-hybridized carbons (Fsp3) is 0.417. The minimum Gasteiger partial charge on any atom is -0.368 e. The molecular formula is C24H28O5. The molecule has 0 radical (unpaired) electrons. The van der Waals surface area contributed by atoms with Crippen molar-refractivity contribution in [2.45, 2.75) is 63.6 Å². The molecule has 4 rings (SSSR count). The summed E-state index contributed by atoms with van der Waals surface area (Å²) in [6.45, 7) is 8.64. The Bertz CT molecular complexity index is 791. The van der Waals surface area contributed by atoms with Gasteiger partial charge in [0.1, 0.15) is 24.4 Å². The van der Waals surface area contributed by atoms with Gasteiger partial charge < -0.3 is 23.7 Å². The summed E-state index contributed by atoms with van der Waals surface area (Å²) in [7, 11) is 0. The van der Waals surface area contributed by atoms with E-state index in [0.717, 1.165) is 11.1 Å². The topological polar surface area (TPSA) is 46.2 Å². The SMILES string of the molecule is C=C[C@@H](OCc1ccccc1)[C@H]1O[C@@H]2OC(C)(C)O[C@@H]2[C@H]1OCc1ccccc1. The van der Waals surface area contributed by atoms with E-state index in [2.05, 4.69) is 6.58 Å². The van der Waals surface area contributed by atoms with Crippen molar-refractivity contribution < 1.29 is 23.7 Å². The Morgan fingerprint density at radius 2 is 1.59 bits per heavy atom. The van der Waals surface area contributed by atoms with Gasteiger partial charge in [-0.05, 0) is 25.0 Å². The molecule has 0 aliphatic carbocycles. The van der Waals surface area contributed by atoms with Gasteiger partial charge in [-0.25, -0.2) is 0 Å². The highest BCUT2D eigenvalue weighted by Crippen LogP contribution is 2.40. The van der Waals surface area contributed by atoms with Gasteiger partial charge in [0.2, 0.25) is 0 Å². The van der Waals surface area contributed by atoms with Crippen LogP contribution in [0, 0.1) is 0 Å². The van der Waals surface area contributed by atoms with Gasteiger partial charge in [0, 0.05) is 0 Å². The van der Waals surface area contributed by atoms with E-state index >= 15 is 0 Å². The molecule has 154 valence electrons. The third-order valence-corrected chi connectivity index (χ3v) is 5.15. The van der Waals surface area contributed by atoms with Gasteiger partial charge in [-0.2, -0.15) is 0 Å². The van der Waals surface area contributed by atoms with E-state index in [-0.39, 0.29) is 24.4 Å². The lowest BCUT2D eigenvalue weighted by Crippen LogP contribution is -2.43. The summed E-state index contributed by atoms with van der Waals surface area (Å²) in [6, 6.07) is 20.1. The highest BCUT2D eigenvalue weighted by Gasteiger charge is 2.57. The largest absolute Gasteiger partial charge is 0.368 e. The second kappa shape index (κ2) is 8.78. The highest BCUT2D eigenvalue weighted by molar-refractivity contribution is 5.15. The fourth-order valence-corrected chi connectivity index (χ4v) is 3.79. The molecular weight excluding hydrogens is 368 g/mol. The first-order valence-electron chi connectivity index (χ1n) is 10.0. The van der Waals surface area contributed by atoms with Crippen LogP contribution in [-0.4, -0.2) is 36.5 Å². The maximum absolute atomic E-state index is 6.29. The second-order valence-corrected chi connectivity index (χ2v) is 7.83. The van der Waals surface area contributed by atoms with Crippen LogP contribution >= 0.6 is 0 Å². The van der Waals surface area contributed by atoms with E-state index in [9.17, 15) is 0 Å². The zero-order chi connectivity index (χ0) is 20.3. The third kappa shape index (κ3) is 4.77. The van der Waals surface area contributed by atoms with Crippen molar-refractivity contribution in [2.24, 2.45) is 0 Å². The van der Waals surface area contributed by atoms with E-state index in [1.165, 1.54) is 0 Å². The molecule has 2 aromatic carbocycles. The Kier molecular flexibility index (Phi) is 6.13. The molecule has 5 atom stereocenters. The lowest BCUT2D eigenvalue weighted by atomic mass is 10.0. The molecule has 0 amide bonds. The standard InChI is InChI=1S/C24H28O5/c1-4-19(25-15-17-11-7-5-8-12-17)20-21(26-16-18-13-9-6-10-14-18)22-23(27-20)29-24(2,3)28-22/h4-14,19-23H,1,15-16H2,2-3H3/t19-,20-,21+,22-,23-/m1/s1. The maximum Gasteiger partial charge on any atom is 0.190 e. The molecule has 0 saturated carbocycles. The Morgan fingerprint density at radius 3 is 2.21 bits per heavy atom. The Balaban J connectivity index is 1.47. The summed E-state index contributed by atoms with van der Waals surface area (Å²) in [5.41, 5.74) is 2.18. The minimum atomic E-state index is -0.705. The summed E-state index contributed by atoms with van der Waals surface area (Å²) < 4.78 is 30.6. The van der Waals surface area contributed by atoms with Crippen LogP contribution in [0.5, 0.6) is 0 Å². The van der Waals surface area contributed by atoms with Crippen molar-refractivity contribution >= 4 is 0 Å². The summed E-state index contributed by atoms with van der Waals surface area (Å²) >= 11 is 0. The lowest BCUT2D eigenvalue weighted by molar-refractivity contribution is -0.230. The average Bonchev–Trinajstić information content (AvgIpc) is 3.20. The Morgan fingerprint density at radius 1 is 0.966 bits per heavy atom. The normalized spacial score (nSPS) is 28.8. The average molecular weight is 396 g/mol. The van der Waals surface area contributed by atoms with Crippen LogP contribution < -0.4 is 0 Å². The van der Waals surface area contributed by atoms with Crippen molar-refractivity contribution in [1.29, 1.82) is 0 Å². The number of hydrogen-bond acceptors (Lipinski definition) is 5. The quantitative estimate of drug-likeness (QED) is 0.625. The van der Waals surface area contributed by atoms with Crippen molar-refractivity contribution in [1.82, 2.24) is 0 Å². The number of benzene rings is 2. The van der Waals surface area contributed by atoms with Gasteiger partial charge >= 0.3 is 0 Å². The summed E-state index contributed by atoms with van der Waals surface area (Å²) in [4.78, 5) is 0. The van der Waals surface area contributed by atoms with Crippen LogP contribution in [0.2, 0.25) is 0 Å². The number of rotatable bonds is 8. The Labute approximate surface area is 172 Å². The van der Waals surface area contributed by atoms with Gasteiger partial charge in [-0.15, -0.1) is 6.58 Å². The fourth-order valence-electron chi connectivity index (χ4n) is 3.79. The third-order valence-electron chi connectivity index (χ3n) is 5.15. The van der Waals surface area contributed by atoms with Gasteiger partial charge in [-0.1, -0.05) is 66.7 Å². The van der Waals surface area contributed by atoms with E-state index in [0.29, 0.717) is 13.2 Å². The van der Waals surface area contributed by atoms with Crippen molar-refractivity contribution in [2.75, 3.05) is 0 Å². The number of hydrogen-bond donors (Lipinski definition) is 0. The van der Waals surface area contributed by atoms with Crippen LogP contribution in [-0.2, 0) is 36.9 Å². The molecule has 0 bridgehead atoms. The molecule has 0 N–H and O–H groups in total. The molecule has 2 aliphatic rings. The van der Waals surface area contributed by atoms with Crippen molar-refractivity contribution in [3.05, 3.63) is 84.4 Å². The van der Waals surface area contributed by atoms with E-state index in [1.807, 2.05) is 74.5 Å².